The van der Waals surface area contributed by atoms with Crippen LogP contribution < -0.4 is 5.32 Å². The lowest BCUT2D eigenvalue weighted by Crippen LogP contribution is -2.27. The van der Waals surface area contributed by atoms with Gasteiger partial charge in [-0.1, -0.05) is 13.3 Å². The van der Waals surface area contributed by atoms with Gasteiger partial charge in [0.25, 0.3) is 0 Å². The minimum Gasteiger partial charge on any atom is -0.362 e. The summed E-state index contributed by atoms with van der Waals surface area (Å²) in [5, 5.41) is 3.86. The average Bonchev–Trinajstić information content (AvgIpc) is 2.56. The maximum atomic E-state index is 5.10. The Morgan fingerprint density at radius 3 is 3.08 bits per heavy atom. The van der Waals surface area contributed by atoms with E-state index >= 15 is 0 Å². The van der Waals surface area contributed by atoms with E-state index in [0.29, 0.717) is 0 Å². The minimum atomic E-state index is 0.723. The predicted octanol–water partition coefficient (Wildman–Crippen LogP) is 1.41. The molecule has 1 rings (SSSR count). The van der Waals surface area contributed by atoms with Gasteiger partial charge >= 0.3 is 0 Å². The Bertz CT molecular complexity index is 230. The molecule has 0 bridgehead atoms. The number of unbranched alkanes of at least 4 members (excludes halogenated alkanes) is 1. The molecule has 0 saturated heterocycles. The highest BCUT2D eigenvalue weighted by Crippen LogP contribution is 1.87. The zero-order chi connectivity index (χ0) is 8.81. The third-order valence-electron chi connectivity index (χ3n) is 1.55. The van der Waals surface area contributed by atoms with Gasteiger partial charge in [0.05, 0.1) is 0 Å². The molecule has 4 heteroatoms. The van der Waals surface area contributed by atoms with Gasteiger partial charge in [0, 0.05) is 18.9 Å². The van der Waals surface area contributed by atoms with Crippen LogP contribution in [-0.2, 0) is 0 Å². The summed E-state index contributed by atoms with van der Waals surface area (Å²) in [7, 11) is 0. The summed E-state index contributed by atoms with van der Waals surface area (Å²) in [6, 6.07) is 0. The maximum Gasteiger partial charge on any atom is 0.178 e. The van der Waals surface area contributed by atoms with E-state index in [1.54, 1.807) is 17.1 Å². The van der Waals surface area contributed by atoms with Gasteiger partial charge in [-0.3, -0.25) is 4.57 Å². The fraction of sp³-hybridized carbons (Fsp3) is 0.500. The third kappa shape index (κ3) is 2.62. The number of rotatable bonds is 3. The van der Waals surface area contributed by atoms with Crippen LogP contribution in [-0.4, -0.2) is 21.2 Å². The van der Waals surface area contributed by atoms with Crippen LogP contribution in [0.3, 0.4) is 0 Å². The molecule has 66 valence electrons. The molecule has 1 aromatic heterocycles. The Morgan fingerprint density at radius 2 is 2.50 bits per heavy atom. The lowest BCUT2D eigenvalue weighted by Gasteiger charge is -2.06. The van der Waals surface area contributed by atoms with E-state index in [2.05, 4.69) is 17.2 Å². The van der Waals surface area contributed by atoms with Crippen molar-refractivity contribution in [1.29, 1.82) is 0 Å². The molecule has 0 spiro atoms. The first kappa shape index (κ1) is 9.19. The topological polar surface area (TPSA) is 29.9 Å². The number of imidazole rings is 1. The predicted molar refractivity (Wildman–Crippen MR) is 53.1 cm³/mol. The van der Waals surface area contributed by atoms with E-state index < -0.39 is 0 Å². The number of aromatic nitrogens is 2. The summed E-state index contributed by atoms with van der Waals surface area (Å²) in [5.74, 6) is 0. The Labute approximate surface area is 77.8 Å². The van der Waals surface area contributed by atoms with Crippen molar-refractivity contribution in [2.45, 2.75) is 19.8 Å². The Hall–Kier alpha value is -0.900. The smallest absolute Gasteiger partial charge is 0.178 e. The lowest BCUT2D eigenvalue weighted by atomic mass is 10.3. The minimum absolute atomic E-state index is 0.723. The second-order valence-electron chi connectivity index (χ2n) is 2.56. The SMILES string of the molecule is CCCCNC(=S)n1ccnc1. The standard InChI is InChI=1S/C8H13N3S/c1-2-3-4-10-8(12)11-6-5-9-7-11/h5-7H,2-4H2,1H3,(H,10,12). The lowest BCUT2D eigenvalue weighted by molar-refractivity contribution is 0.748. The highest BCUT2D eigenvalue weighted by atomic mass is 32.1. The number of thiocarbonyl (C=S) groups is 1. The fourth-order valence-corrected chi connectivity index (χ4v) is 1.05. The molecule has 3 nitrogen and oxygen atoms in total. The van der Waals surface area contributed by atoms with Crippen molar-refractivity contribution in [1.82, 2.24) is 14.9 Å². The molecule has 12 heavy (non-hydrogen) atoms. The highest BCUT2D eigenvalue weighted by molar-refractivity contribution is 7.80. The molecule has 0 fully saturated rings. The van der Waals surface area contributed by atoms with E-state index in [-0.39, 0.29) is 0 Å². The van der Waals surface area contributed by atoms with Gasteiger partial charge < -0.3 is 5.32 Å². The van der Waals surface area contributed by atoms with Gasteiger partial charge in [-0.05, 0) is 18.6 Å². The zero-order valence-corrected chi connectivity index (χ0v) is 7.97. The fourth-order valence-electron chi connectivity index (χ4n) is 0.843. The van der Waals surface area contributed by atoms with Crippen molar-refractivity contribution in [3.05, 3.63) is 18.7 Å². The van der Waals surface area contributed by atoms with Crippen LogP contribution in [0.1, 0.15) is 19.8 Å². The summed E-state index contributed by atoms with van der Waals surface area (Å²) < 4.78 is 1.80. The van der Waals surface area contributed by atoms with Gasteiger partial charge in [0.2, 0.25) is 0 Å². The summed E-state index contributed by atoms with van der Waals surface area (Å²) in [4.78, 5) is 3.91. The van der Waals surface area contributed by atoms with Crippen molar-refractivity contribution >= 4 is 17.3 Å². The molecule has 0 atom stereocenters. The van der Waals surface area contributed by atoms with Crippen LogP contribution >= 0.6 is 12.2 Å². The first-order chi connectivity index (χ1) is 5.84. The van der Waals surface area contributed by atoms with E-state index in [9.17, 15) is 0 Å². The largest absolute Gasteiger partial charge is 0.362 e. The van der Waals surface area contributed by atoms with Crippen LogP contribution in [0.15, 0.2) is 18.7 Å². The van der Waals surface area contributed by atoms with Crippen molar-refractivity contribution in [2.75, 3.05) is 6.54 Å². The molecule has 0 aromatic carbocycles. The highest BCUT2D eigenvalue weighted by Gasteiger charge is 1.95. The molecule has 1 aromatic rings. The molecular weight excluding hydrogens is 170 g/mol. The van der Waals surface area contributed by atoms with Crippen LogP contribution in [0.2, 0.25) is 0 Å². The number of hydrogen-bond acceptors (Lipinski definition) is 2. The van der Waals surface area contributed by atoms with Crippen molar-refractivity contribution in [2.24, 2.45) is 0 Å². The number of hydrogen-bond donors (Lipinski definition) is 1. The second-order valence-corrected chi connectivity index (χ2v) is 2.94. The Balaban J connectivity index is 2.30. The van der Waals surface area contributed by atoms with E-state index in [4.69, 9.17) is 12.2 Å². The Kier molecular flexibility index (Phi) is 3.73. The van der Waals surface area contributed by atoms with Gasteiger partial charge in [-0.15, -0.1) is 0 Å². The summed E-state index contributed by atoms with van der Waals surface area (Å²) in [6.45, 7) is 3.09. The summed E-state index contributed by atoms with van der Waals surface area (Å²) in [6.07, 6.45) is 7.57. The van der Waals surface area contributed by atoms with E-state index in [1.807, 2.05) is 6.20 Å². The third-order valence-corrected chi connectivity index (χ3v) is 1.90. The van der Waals surface area contributed by atoms with Crippen LogP contribution in [0.5, 0.6) is 0 Å². The molecule has 1 N–H and O–H groups in total. The van der Waals surface area contributed by atoms with E-state index in [0.717, 1.165) is 18.1 Å². The van der Waals surface area contributed by atoms with Crippen LogP contribution in [0.4, 0.5) is 0 Å². The van der Waals surface area contributed by atoms with Gasteiger partial charge in [-0.2, -0.15) is 0 Å². The molecule has 0 amide bonds. The van der Waals surface area contributed by atoms with Crippen molar-refractivity contribution in [3.63, 3.8) is 0 Å². The van der Waals surface area contributed by atoms with Crippen LogP contribution in [0, 0.1) is 0 Å². The average molecular weight is 183 g/mol. The van der Waals surface area contributed by atoms with Gasteiger partial charge in [0.1, 0.15) is 6.33 Å². The van der Waals surface area contributed by atoms with Crippen molar-refractivity contribution < 1.29 is 0 Å². The molecule has 1 heterocycles. The Morgan fingerprint density at radius 1 is 1.67 bits per heavy atom. The summed E-state index contributed by atoms with van der Waals surface area (Å²) >= 11 is 5.10. The molecule has 0 aliphatic carbocycles. The maximum absolute atomic E-state index is 5.10. The van der Waals surface area contributed by atoms with Crippen molar-refractivity contribution in [3.8, 4) is 0 Å². The first-order valence-electron chi connectivity index (χ1n) is 4.10. The molecule has 0 aliphatic heterocycles. The van der Waals surface area contributed by atoms with Crippen LogP contribution in [0.25, 0.3) is 0 Å². The first-order valence-corrected chi connectivity index (χ1v) is 4.51. The van der Waals surface area contributed by atoms with Gasteiger partial charge in [-0.25, -0.2) is 4.98 Å². The zero-order valence-electron chi connectivity index (χ0n) is 7.16. The van der Waals surface area contributed by atoms with E-state index in [1.165, 1.54) is 6.42 Å². The molecule has 0 radical (unpaired) electrons. The molecule has 0 aliphatic rings. The van der Waals surface area contributed by atoms with Gasteiger partial charge in [0.15, 0.2) is 5.11 Å². The number of nitrogens with one attached hydrogen (secondary N) is 1. The molecule has 0 unspecified atom stereocenters. The summed E-state index contributed by atoms with van der Waals surface area (Å²) in [5.41, 5.74) is 0. The molecular formula is C8H13N3S. The number of nitrogens with zero attached hydrogens (tertiary/aromatic N) is 2. The second kappa shape index (κ2) is 4.87. The normalized spacial score (nSPS) is 9.75. The quantitative estimate of drug-likeness (QED) is 0.567. The monoisotopic (exact) mass is 183 g/mol. The molecule has 0 saturated carbocycles.